The van der Waals surface area contributed by atoms with Crippen molar-refractivity contribution in [1.29, 1.82) is 0 Å². The molecule has 1 aromatic rings. The van der Waals surface area contributed by atoms with Gasteiger partial charge in [0.2, 0.25) is 0 Å². The molecule has 1 aromatic heterocycles. The number of aryl methyl sites for hydroxylation is 1. The first-order valence-corrected chi connectivity index (χ1v) is 7.15. The predicted molar refractivity (Wildman–Crippen MR) is 75.7 cm³/mol. The van der Waals surface area contributed by atoms with Crippen molar-refractivity contribution in [1.82, 2.24) is 5.32 Å². The molecule has 0 radical (unpaired) electrons. The fourth-order valence-corrected chi connectivity index (χ4v) is 2.05. The third-order valence-corrected chi connectivity index (χ3v) is 3.42. The Kier molecular flexibility index (Phi) is 6.84. The molecule has 0 saturated carbocycles. The van der Waals surface area contributed by atoms with Gasteiger partial charge in [-0.2, -0.15) is 0 Å². The van der Waals surface area contributed by atoms with E-state index in [2.05, 4.69) is 5.32 Å². The number of nitrogens with one attached hydrogen (secondary N) is 1. The highest BCUT2D eigenvalue weighted by molar-refractivity contribution is 5.91. The van der Waals surface area contributed by atoms with E-state index in [0.29, 0.717) is 24.6 Å². The van der Waals surface area contributed by atoms with Crippen LogP contribution in [0, 0.1) is 5.92 Å². The highest BCUT2D eigenvalue weighted by atomic mass is 16.4. The first kappa shape index (κ1) is 16.3. The van der Waals surface area contributed by atoms with Crippen LogP contribution in [-0.4, -0.2) is 23.5 Å². The molecule has 5 heteroatoms. The molecule has 0 aliphatic heterocycles. The second-order valence-electron chi connectivity index (χ2n) is 4.87. The minimum Gasteiger partial charge on any atom is -0.481 e. The Morgan fingerprint density at radius 3 is 2.60 bits per heavy atom. The first-order valence-electron chi connectivity index (χ1n) is 7.15. The van der Waals surface area contributed by atoms with E-state index >= 15 is 0 Å². The van der Waals surface area contributed by atoms with Gasteiger partial charge in [-0.15, -0.1) is 0 Å². The largest absolute Gasteiger partial charge is 0.481 e. The van der Waals surface area contributed by atoms with Gasteiger partial charge in [0.15, 0.2) is 5.76 Å². The van der Waals surface area contributed by atoms with Crippen molar-refractivity contribution in [3.63, 3.8) is 0 Å². The standard InChI is InChI=1S/C15H23NO4/c1-3-11(5-8-14(17)18)9-10-16-15(19)13-7-6-12(4-2)20-13/h6-7,11H,3-5,8-10H2,1-2H3,(H,16,19)(H,17,18). The maximum absolute atomic E-state index is 11.8. The van der Waals surface area contributed by atoms with E-state index < -0.39 is 5.97 Å². The van der Waals surface area contributed by atoms with Gasteiger partial charge < -0.3 is 14.8 Å². The molecule has 112 valence electrons. The summed E-state index contributed by atoms with van der Waals surface area (Å²) in [4.78, 5) is 22.3. The zero-order chi connectivity index (χ0) is 15.0. The first-order chi connectivity index (χ1) is 9.56. The Bertz CT molecular complexity index is 439. The van der Waals surface area contributed by atoms with Gasteiger partial charge in [0.25, 0.3) is 5.91 Å². The van der Waals surface area contributed by atoms with Crippen molar-refractivity contribution in [2.45, 2.75) is 46.0 Å². The minimum atomic E-state index is -0.768. The molecule has 1 amide bonds. The lowest BCUT2D eigenvalue weighted by atomic mass is 9.97. The smallest absolute Gasteiger partial charge is 0.303 e. The number of rotatable bonds is 9. The van der Waals surface area contributed by atoms with Crippen molar-refractivity contribution >= 4 is 11.9 Å². The molecule has 0 saturated heterocycles. The van der Waals surface area contributed by atoms with Crippen LogP contribution in [0.2, 0.25) is 0 Å². The maximum Gasteiger partial charge on any atom is 0.303 e. The molecular formula is C15H23NO4. The van der Waals surface area contributed by atoms with Crippen LogP contribution >= 0.6 is 0 Å². The summed E-state index contributed by atoms with van der Waals surface area (Å²) >= 11 is 0. The number of carbonyl (C=O) groups is 2. The highest BCUT2D eigenvalue weighted by Crippen LogP contribution is 2.15. The van der Waals surface area contributed by atoms with Crippen molar-refractivity contribution < 1.29 is 19.1 Å². The third-order valence-electron chi connectivity index (χ3n) is 3.42. The van der Waals surface area contributed by atoms with Gasteiger partial charge >= 0.3 is 5.97 Å². The Morgan fingerprint density at radius 1 is 1.30 bits per heavy atom. The van der Waals surface area contributed by atoms with E-state index in [1.807, 2.05) is 13.8 Å². The Labute approximate surface area is 119 Å². The lowest BCUT2D eigenvalue weighted by molar-refractivity contribution is -0.137. The van der Waals surface area contributed by atoms with Crippen LogP contribution in [-0.2, 0) is 11.2 Å². The van der Waals surface area contributed by atoms with Gasteiger partial charge in [0.05, 0.1) is 0 Å². The van der Waals surface area contributed by atoms with Crippen LogP contribution < -0.4 is 5.32 Å². The molecule has 1 rings (SSSR count). The Balaban J connectivity index is 2.31. The van der Waals surface area contributed by atoms with E-state index in [1.165, 1.54) is 0 Å². The van der Waals surface area contributed by atoms with Gasteiger partial charge in [-0.05, 0) is 30.9 Å². The minimum absolute atomic E-state index is 0.185. The lowest BCUT2D eigenvalue weighted by Crippen LogP contribution is -2.25. The molecule has 1 atom stereocenters. The molecule has 0 aliphatic rings. The van der Waals surface area contributed by atoms with E-state index in [1.54, 1.807) is 12.1 Å². The van der Waals surface area contributed by atoms with Gasteiger partial charge in [-0.25, -0.2) is 0 Å². The fourth-order valence-electron chi connectivity index (χ4n) is 2.05. The summed E-state index contributed by atoms with van der Waals surface area (Å²) in [6.45, 7) is 4.54. The SMILES string of the molecule is CCc1ccc(C(=O)NCCC(CC)CCC(=O)O)o1. The zero-order valence-corrected chi connectivity index (χ0v) is 12.1. The molecule has 5 nitrogen and oxygen atoms in total. The van der Waals surface area contributed by atoms with E-state index in [0.717, 1.165) is 25.0 Å². The van der Waals surface area contributed by atoms with Crippen LogP contribution in [0.15, 0.2) is 16.5 Å². The Morgan fingerprint density at radius 2 is 2.05 bits per heavy atom. The van der Waals surface area contributed by atoms with Crippen molar-refractivity contribution in [3.05, 3.63) is 23.7 Å². The zero-order valence-electron chi connectivity index (χ0n) is 12.1. The summed E-state index contributed by atoms with van der Waals surface area (Å²) in [5.41, 5.74) is 0. The van der Waals surface area contributed by atoms with Gasteiger partial charge in [-0.3, -0.25) is 9.59 Å². The molecule has 0 spiro atoms. The topological polar surface area (TPSA) is 79.5 Å². The van der Waals surface area contributed by atoms with Crippen molar-refractivity contribution in [3.8, 4) is 0 Å². The van der Waals surface area contributed by atoms with Crippen LogP contribution in [0.4, 0.5) is 0 Å². The number of hydrogen-bond acceptors (Lipinski definition) is 3. The number of hydrogen-bond donors (Lipinski definition) is 2. The molecule has 0 bridgehead atoms. The summed E-state index contributed by atoms with van der Waals surface area (Å²) < 4.78 is 5.37. The molecule has 1 unspecified atom stereocenters. The van der Waals surface area contributed by atoms with Gasteiger partial charge in [-0.1, -0.05) is 20.3 Å². The number of aliphatic carboxylic acids is 1. The number of carboxylic acids is 1. The highest BCUT2D eigenvalue weighted by Gasteiger charge is 2.12. The quantitative estimate of drug-likeness (QED) is 0.729. The summed E-state index contributed by atoms with van der Waals surface area (Å²) in [5, 5.41) is 11.5. The number of carboxylic acid groups (broad SMARTS) is 1. The van der Waals surface area contributed by atoms with Crippen LogP contribution in [0.25, 0.3) is 0 Å². The Hall–Kier alpha value is -1.78. The van der Waals surface area contributed by atoms with Gasteiger partial charge in [0.1, 0.15) is 5.76 Å². The van der Waals surface area contributed by atoms with Crippen LogP contribution in [0.3, 0.4) is 0 Å². The number of furan rings is 1. The van der Waals surface area contributed by atoms with E-state index in [9.17, 15) is 9.59 Å². The molecule has 2 N–H and O–H groups in total. The molecule has 1 heterocycles. The van der Waals surface area contributed by atoms with Crippen LogP contribution in [0.1, 0.15) is 55.8 Å². The van der Waals surface area contributed by atoms with Crippen molar-refractivity contribution in [2.75, 3.05) is 6.54 Å². The van der Waals surface area contributed by atoms with Crippen LogP contribution in [0.5, 0.6) is 0 Å². The second-order valence-corrected chi connectivity index (χ2v) is 4.87. The third kappa shape index (κ3) is 5.47. The summed E-state index contributed by atoms with van der Waals surface area (Å²) in [6.07, 6.45) is 3.31. The summed E-state index contributed by atoms with van der Waals surface area (Å²) in [6, 6.07) is 3.48. The molecule has 0 aromatic carbocycles. The fraction of sp³-hybridized carbons (Fsp3) is 0.600. The average molecular weight is 281 g/mol. The second kappa shape index (κ2) is 8.40. The normalized spacial score (nSPS) is 12.1. The summed E-state index contributed by atoms with van der Waals surface area (Å²) in [7, 11) is 0. The van der Waals surface area contributed by atoms with Gasteiger partial charge in [0, 0.05) is 19.4 Å². The summed E-state index contributed by atoms with van der Waals surface area (Å²) in [5.74, 6) is 0.477. The molecule has 20 heavy (non-hydrogen) atoms. The van der Waals surface area contributed by atoms with E-state index in [-0.39, 0.29) is 12.3 Å². The predicted octanol–water partition coefficient (Wildman–Crippen LogP) is 2.85. The van der Waals surface area contributed by atoms with Crippen molar-refractivity contribution in [2.24, 2.45) is 5.92 Å². The lowest BCUT2D eigenvalue weighted by Gasteiger charge is -2.13. The number of carbonyl (C=O) groups excluding carboxylic acids is 1. The molecular weight excluding hydrogens is 258 g/mol. The maximum atomic E-state index is 11.8. The molecule has 0 aliphatic carbocycles. The van der Waals surface area contributed by atoms with E-state index in [4.69, 9.17) is 9.52 Å². The average Bonchev–Trinajstić information content (AvgIpc) is 2.91. The monoisotopic (exact) mass is 281 g/mol. The number of amides is 1. The molecule has 0 fully saturated rings.